The highest BCUT2D eigenvalue weighted by molar-refractivity contribution is 7.50. The molecule has 3 aromatic carbocycles. The van der Waals surface area contributed by atoms with Crippen molar-refractivity contribution in [1.82, 2.24) is 0 Å². The summed E-state index contributed by atoms with van der Waals surface area (Å²) in [5, 5.41) is 1.95. The summed E-state index contributed by atoms with van der Waals surface area (Å²) in [6.07, 6.45) is -12.3. The molecule has 0 atom stereocenters. The first-order valence-corrected chi connectivity index (χ1v) is 10.8. The molecule has 0 spiro atoms. The maximum atomic E-state index is 13.3. The zero-order valence-electron chi connectivity index (χ0n) is 16.7. The molecule has 0 fully saturated rings. The van der Waals surface area contributed by atoms with Crippen LogP contribution in [-0.2, 0) is 4.74 Å². The first kappa shape index (κ1) is 22.8. The van der Waals surface area contributed by atoms with E-state index in [0.717, 1.165) is 26.2 Å². The lowest BCUT2D eigenvalue weighted by Gasteiger charge is -2.33. The third-order valence-corrected chi connectivity index (χ3v) is 7.51. The van der Waals surface area contributed by atoms with Gasteiger partial charge in [0.25, 0.3) is 0 Å². The predicted molar refractivity (Wildman–Crippen MR) is 116 cm³/mol. The minimum absolute atomic E-state index is 0.429. The van der Waals surface area contributed by atoms with Crippen LogP contribution in [0.3, 0.4) is 0 Å². The van der Waals surface area contributed by atoms with Crippen molar-refractivity contribution in [2.75, 3.05) is 0 Å². The van der Waals surface area contributed by atoms with Crippen molar-refractivity contribution < 1.29 is 35.9 Å². The Hall–Kier alpha value is -3.33. The molecule has 0 amide bonds. The van der Waals surface area contributed by atoms with Crippen molar-refractivity contribution in [2.24, 2.45) is 0 Å². The van der Waals surface area contributed by atoms with E-state index in [-0.39, 0.29) is 0 Å². The van der Waals surface area contributed by atoms with E-state index in [2.05, 4.69) is 11.3 Å². The van der Waals surface area contributed by atoms with Gasteiger partial charge in [-0.25, -0.2) is 4.79 Å². The molecule has 0 aliphatic carbocycles. The van der Waals surface area contributed by atoms with Crippen LogP contribution < -0.4 is 0 Å². The van der Waals surface area contributed by atoms with Gasteiger partial charge in [0.1, 0.15) is 0 Å². The quantitative estimate of drug-likeness (QED) is 0.128. The Morgan fingerprint density at radius 2 is 1.30 bits per heavy atom. The number of carbonyl (C=O) groups is 1. The summed E-state index contributed by atoms with van der Waals surface area (Å²) in [6.45, 7) is 2.63. The molecule has 0 saturated heterocycles. The lowest BCUT2D eigenvalue weighted by Crippen LogP contribution is -2.58. The first-order chi connectivity index (χ1) is 15.5. The minimum Gasteiger partial charge on any atom is -0.431 e. The number of fused-ring (bicyclic) bond motifs is 3. The van der Waals surface area contributed by atoms with Gasteiger partial charge in [0.2, 0.25) is 0 Å². The molecule has 0 bridgehead atoms. The number of halogens is 6. The highest BCUT2D eigenvalue weighted by Gasteiger charge is 2.72. The summed E-state index contributed by atoms with van der Waals surface area (Å²) in [7, 11) is -0.699. The molecule has 0 saturated carbocycles. The lowest BCUT2D eigenvalue weighted by molar-refractivity contribution is -0.345. The number of rotatable bonds is 4. The highest BCUT2D eigenvalue weighted by atomic mass is 32.2. The van der Waals surface area contributed by atoms with Crippen molar-refractivity contribution in [2.45, 2.75) is 18.0 Å². The molecule has 33 heavy (non-hydrogen) atoms. The summed E-state index contributed by atoms with van der Waals surface area (Å²) in [4.78, 5) is 13.1. The van der Waals surface area contributed by atoms with Crippen molar-refractivity contribution in [3.63, 3.8) is 0 Å². The number of thiophene rings is 1. The van der Waals surface area contributed by atoms with Gasteiger partial charge in [0.15, 0.2) is 14.3 Å². The second-order valence-corrected chi connectivity index (χ2v) is 9.11. The van der Waals surface area contributed by atoms with Crippen molar-refractivity contribution >= 4 is 36.6 Å². The second-order valence-electron chi connectivity index (χ2n) is 7.15. The normalized spacial score (nSPS) is 12.8. The Morgan fingerprint density at radius 3 is 1.79 bits per heavy atom. The Kier molecular flexibility index (Phi) is 5.48. The minimum atomic E-state index is -5.94. The number of ether oxygens (including phenoxy) is 1. The molecule has 4 aromatic rings. The summed E-state index contributed by atoms with van der Waals surface area (Å²) in [5.74, 6) is -1.75. The molecule has 1 aromatic heterocycles. The third kappa shape index (κ3) is 3.66. The lowest BCUT2D eigenvalue weighted by atomic mass is 10.0. The number of benzene rings is 3. The fraction of sp³-hybridized carbons (Fsp3) is 0.125. The Labute approximate surface area is 186 Å². The van der Waals surface area contributed by atoms with Crippen LogP contribution in [0.5, 0.6) is 0 Å². The van der Waals surface area contributed by atoms with Gasteiger partial charge in [-0.2, -0.15) is 26.3 Å². The Bertz CT molecular complexity index is 1300. The molecule has 2 nitrogen and oxygen atoms in total. The fourth-order valence-corrected chi connectivity index (χ4v) is 6.04. The smallest absolute Gasteiger partial charge is 0.431 e. The van der Waals surface area contributed by atoms with E-state index in [0.29, 0.717) is 4.90 Å². The topological polar surface area (TPSA) is 26.3 Å². The van der Waals surface area contributed by atoms with Crippen LogP contribution in [0.4, 0.5) is 26.3 Å². The average Bonchev–Trinajstić information content (AvgIpc) is 3.10. The predicted octanol–water partition coefficient (Wildman–Crippen LogP) is 7.94. The van der Waals surface area contributed by atoms with Gasteiger partial charge in [-0.3, -0.25) is 0 Å². The van der Waals surface area contributed by atoms with Crippen LogP contribution in [0.1, 0.15) is 10.4 Å². The van der Waals surface area contributed by atoms with Gasteiger partial charge in [-0.15, -0.1) is 0 Å². The van der Waals surface area contributed by atoms with E-state index >= 15 is 0 Å². The van der Waals surface area contributed by atoms with Crippen LogP contribution in [0, 0.1) is 0 Å². The van der Waals surface area contributed by atoms with Gasteiger partial charge in [-0.1, -0.05) is 36.9 Å². The standard InChI is InChI=1S/C24H15F6O2S/c1-2-22(23(25,26)27,24(28,29)30)32-21(31)15-8-7-9-16(14-15)33-19-12-5-3-10-17(19)18-11-4-6-13-20(18)33/h2-14H,1H2/q+1. The van der Waals surface area contributed by atoms with Crippen LogP contribution in [0.2, 0.25) is 0 Å². The second kappa shape index (κ2) is 7.91. The zero-order valence-corrected chi connectivity index (χ0v) is 17.5. The zero-order chi connectivity index (χ0) is 24.0. The molecular formula is C24H15F6O2S+. The monoisotopic (exact) mass is 481 g/mol. The van der Waals surface area contributed by atoms with E-state index in [4.69, 9.17) is 0 Å². The SMILES string of the molecule is C=CC(OC(=O)c1cccc(-[s+]2c3ccccc3c3ccccc32)c1)(C(F)(F)F)C(F)(F)F. The third-order valence-electron chi connectivity index (χ3n) is 5.19. The fourth-order valence-electron chi connectivity index (χ4n) is 3.61. The molecule has 0 N–H and O–H groups in total. The van der Waals surface area contributed by atoms with Gasteiger partial charge in [0.05, 0.1) is 5.56 Å². The maximum absolute atomic E-state index is 13.3. The Balaban J connectivity index is 1.83. The number of carbonyl (C=O) groups excluding carboxylic acids is 1. The van der Waals surface area contributed by atoms with Crippen LogP contribution in [-0.4, -0.2) is 23.9 Å². The van der Waals surface area contributed by atoms with E-state index in [1.54, 1.807) is 6.07 Å². The van der Waals surface area contributed by atoms with Gasteiger partial charge >= 0.3 is 23.9 Å². The van der Waals surface area contributed by atoms with E-state index in [1.165, 1.54) is 12.1 Å². The van der Waals surface area contributed by atoms with Crippen LogP contribution in [0.15, 0.2) is 85.5 Å². The molecule has 0 unspecified atom stereocenters. The first-order valence-electron chi connectivity index (χ1n) is 9.53. The molecule has 170 valence electrons. The number of hydrogen-bond donors (Lipinski definition) is 0. The van der Waals surface area contributed by atoms with E-state index < -0.39 is 46.0 Å². The molecule has 9 heteroatoms. The van der Waals surface area contributed by atoms with Crippen molar-refractivity contribution in [3.05, 3.63) is 91.0 Å². The molecule has 1 heterocycles. The summed E-state index contributed by atoms with van der Waals surface area (Å²) in [5.41, 5.74) is -5.25. The van der Waals surface area contributed by atoms with E-state index in [9.17, 15) is 31.1 Å². The maximum Gasteiger partial charge on any atom is 0.441 e. The molecule has 0 aliphatic rings. The van der Waals surface area contributed by atoms with Gasteiger partial charge < -0.3 is 4.74 Å². The summed E-state index contributed by atoms with van der Waals surface area (Å²) in [6, 6.07) is 20.6. The summed E-state index contributed by atoms with van der Waals surface area (Å²) < 4.78 is 86.0. The van der Waals surface area contributed by atoms with Crippen molar-refractivity contribution in [1.29, 1.82) is 0 Å². The molecular weight excluding hydrogens is 466 g/mol. The highest BCUT2D eigenvalue weighted by Crippen LogP contribution is 2.49. The molecule has 0 aliphatic heterocycles. The average molecular weight is 481 g/mol. The molecule has 4 rings (SSSR count). The summed E-state index contributed by atoms with van der Waals surface area (Å²) >= 11 is 0. The number of alkyl halides is 6. The number of hydrogen-bond acceptors (Lipinski definition) is 2. The van der Waals surface area contributed by atoms with Crippen LogP contribution in [0.25, 0.3) is 25.1 Å². The number of esters is 1. The van der Waals surface area contributed by atoms with E-state index in [1.807, 2.05) is 48.5 Å². The molecule has 0 radical (unpaired) electrons. The van der Waals surface area contributed by atoms with Crippen LogP contribution >= 0.6 is 10.5 Å². The van der Waals surface area contributed by atoms with Gasteiger partial charge in [0, 0.05) is 27.3 Å². The van der Waals surface area contributed by atoms with Gasteiger partial charge in [-0.05, 0) is 42.5 Å². The largest absolute Gasteiger partial charge is 0.441 e. The van der Waals surface area contributed by atoms with Crippen molar-refractivity contribution in [3.8, 4) is 4.90 Å². The Morgan fingerprint density at radius 1 is 0.788 bits per heavy atom.